The van der Waals surface area contributed by atoms with Crippen molar-refractivity contribution in [1.82, 2.24) is 4.90 Å². The Hall–Kier alpha value is -0.663. The largest absolute Gasteiger partial charge is 0.574 e. The van der Waals surface area contributed by atoms with Gasteiger partial charge in [0.1, 0.15) is 0 Å². The van der Waals surface area contributed by atoms with E-state index >= 15 is 0 Å². The molecule has 88 valence electrons. The zero-order valence-corrected chi connectivity index (χ0v) is 10.1. The van der Waals surface area contributed by atoms with Crippen LogP contribution in [0.25, 0.3) is 0 Å². The molecule has 2 bridgehead atoms. The normalized spacial score (nSPS) is 35.4. The number of furan rings is 1. The summed E-state index contributed by atoms with van der Waals surface area (Å²) >= 11 is 0. The van der Waals surface area contributed by atoms with Gasteiger partial charge in [-0.1, -0.05) is 0 Å². The topological polar surface area (TPSA) is 44.1 Å². The third kappa shape index (κ3) is 1.83. The van der Waals surface area contributed by atoms with Crippen molar-refractivity contribution in [3.8, 4) is 0 Å². The average molecular weight is 241 g/mol. The smallest absolute Gasteiger partial charge is 0.466 e. The highest BCUT2D eigenvalue weighted by Gasteiger charge is 2.49. The van der Waals surface area contributed by atoms with E-state index < -0.39 is 8.80 Å². The minimum absolute atomic E-state index is 0.646. The van der Waals surface area contributed by atoms with Crippen molar-refractivity contribution in [2.45, 2.75) is 0 Å². The Balaban J connectivity index is 1.90. The lowest BCUT2D eigenvalue weighted by Crippen LogP contribution is -2.61. The van der Waals surface area contributed by atoms with Crippen molar-refractivity contribution in [3.05, 3.63) is 18.4 Å². The quantitative estimate of drug-likeness (QED) is 0.637. The molecule has 0 N–H and O–H groups in total. The first-order valence-electron chi connectivity index (χ1n) is 5.57. The predicted octanol–water partition coefficient (Wildman–Crippen LogP) is -0.195. The Morgan fingerprint density at radius 2 is 1.62 bits per heavy atom. The van der Waals surface area contributed by atoms with Crippen LogP contribution in [0.4, 0.5) is 0 Å². The third-order valence-electron chi connectivity index (χ3n) is 2.92. The van der Waals surface area contributed by atoms with Crippen molar-refractivity contribution in [2.75, 3.05) is 39.5 Å². The van der Waals surface area contributed by atoms with Gasteiger partial charge in [-0.05, 0) is 12.1 Å². The van der Waals surface area contributed by atoms with Gasteiger partial charge < -0.3 is 17.7 Å². The van der Waals surface area contributed by atoms with Gasteiger partial charge in [0.05, 0.1) is 26.1 Å². The summed E-state index contributed by atoms with van der Waals surface area (Å²) in [6.07, 6.45) is 1.64. The predicted molar refractivity (Wildman–Crippen MR) is 58.4 cm³/mol. The molecule has 4 heterocycles. The lowest BCUT2D eigenvalue weighted by Gasteiger charge is -2.36. The van der Waals surface area contributed by atoms with Gasteiger partial charge in [-0.25, -0.2) is 0 Å². The lowest BCUT2D eigenvalue weighted by molar-refractivity contribution is -0.00123. The van der Waals surface area contributed by atoms with E-state index in [4.69, 9.17) is 17.7 Å². The molecule has 0 aromatic carbocycles. The molecule has 5 nitrogen and oxygen atoms in total. The lowest BCUT2D eigenvalue weighted by atomic mass is 10.4. The summed E-state index contributed by atoms with van der Waals surface area (Å²) in [5, 5.41) is 0.725. The van der Waals surface area contributed by atoms with E-state index in [1.807, 2.05) is 12.1 Å². The first-order valence-corrected chi connectivity index (χ1v) is 7.30. The summed E-state index contributed by atoms with van der Waals surface area (Å²) < 4.78 is 23.0. The van der Waals surface area contributed by atoms with Crippen LogP contribution in [0.2, 0.25) is 0 Å². The van der Waals surface area contributed by atoms with E-state index in [0.29, 0.717) is 19.8 Å². The molecule has 0 amide bonds. The monoisotopic (exact) mass is 241 g/mol. The maximum atomic E-state index is 5.84. The number of hydrogen-bond acceptors (Lipinski definition) is 5. The Bertz CT molecular complexity index is 316. The molecule has 0 radical (unpaired) electrons. The van der Waals surface area contributed by atoms with Gasteiger partial charge in [0.25, 0.3) is 0 Å². The molecule has 16 heavy (non-hydrogen) atoms. The fourth-order valence-corrected chi connectivity index (χ4v) is 4.32. The van der Waals surface area contributed by atoms with E-state index in [0.717, 1.165) is 25.0 Å². The van der Waals surface area contributed by atoms with Crippen molar-refractivity contribution < 1.29 is 17.7 Å². The van der Waals surface area contributed by atoms with Crippen LogP contribution in [-0.2, 0) is 13.3 Å². The SMILES string of the molecule is c1coc([Si]23OCCN(CCO2)CCO3)c1. The molecule has 0 unspecified atom stereocenters. The van der Waals surface area contributed by atoms with Gasteiger partial charge in [0.2, 0.25) is 0 Å². The van der Waals surface area contributed by atoms with Crippen LogP contribution in [0.5, 0.6) is 0 Å². The summed E-state index contributed by atoms with van der Waals surface area (Å²) in [7, 11) is -2.74. The molecular formula is C10H15NO4Si. The van der Waals surface area contributed by atoms with E-state index in [2.05, 4.69) is 4.90 Å². The Morgan fingerprint density at radius 3 is 2.12 bits per heavy atom. The second kappa shape index (κ2) is 4.31. The Labute approximate surface area is 95.3 Å². The minimum atomic E-state index is -2.74. The van der Waals surface area contributed by atoms with Gasteiger partial charge in [0, 0.05) is 19.6 Å². The van der Waals surface area contributed by atoms with Crippen LogP contribution in [0, 0.1) is 0 Å². The molecule has 1 aromatic heterocycles. The second-order valence-corrected chi connectivity index (χ2v) is 6.39. The van der Waals surface area contributed by atoms with Crippen molar-refractivity contribution in [2.24, 2.45) is 0 Å². The third-order valence-corrected chi connectivity index (χ3v) is 5.56. The van der Waals surface area contributed by atoms with Gasteiger partial charge in [0.15, 0.2) is 5.38 Å². The molecule has 6 heteroatoms. The number of nitrogens with zero attached hydrogens (tertiary/aromatic N) is 1. The molecule has 0 aliphatic carbocycles. The molecule has 0 atom stereocenters. The molecule has 0 spiro atoms. The van der Waals surface area contributed by atoms with E-state index in [-0.39, 0.29) is 0 Å². The zero-order valence-electron chi connectivity index (χ0n) is 9.05. The van der Waals surface area contributed by atoms with Crippen LogP contribution < -0.4 is 5.38 Å². The first kappa shape index (κ1) is 10.5. The minimum Gasteiger partial charge on any atom is -0.466 e. The summed E-state index contributed by atoms with van der Waals surface area (Å²) in [6.45, 7) is 4.78. The van der Waals surface area contributed by atoms with E-state index in [9.17, 15) is 0 Å². The Kier molecular flexibility index (Phi) is 2.82. The summed E-state index contributed by atoms with van der Waals surface area (Å²) in [5.41, 5.74) is 0. The van der Waals surface area contributed by atoms with Gasteiger partial charge >= 0.3 is 8.80 Å². The standard InChI is InChI=1S/C10H15NO4Si/c1-2-10(12-6-1)16-13-7-3-11(4-8-14-16)5-9-15-16/h1-2,6H,3-5,7-9H2. The molecule has 3 aliphatic rings. The van der Waals surface area contributed by atoms with Gasteiger partial charge in [-0.3, -0.25) is 4.90 Å². The van der Waals surface area contributed by atoms with E-state index in [1.165, 1.54) is 0 Å². The van der Waals surface area contributed by atoms with Gasteiger partial charge in [-0.2, -0.15) is 0 Å². The number of fused-ring (bicyclic) bond motifs is 6. The first-order chi connectivity index (χ1) is 7.89. The van der Waals surface area contributed by atoms with E-state index in [1.54, 1.807) is 6.26 Å². The molecule has 3 aliphatic heterocycles. The molecule has 3 fully saturated rings. The van der Waals surface area contributed by atoms with Crippen LogP contribution in [-0.4, -0.2) is 53.2 Å². The molecule has 3 saturated heterocycles. The second-order valence-electron chi connectivity index (χ2n) is 3.92. The highest BCUT2D eigenvalue weighted by molar-refractivity contribution is 6.74. The maximum Gasteiger partial charge on any atom is 0.574 e. The highest BCUT2D eigenvalue weighted by Crippen LogP contribution is 2.16. The van der Waals surface area contributed by atoms with Crippen molar-refractivity contribution in [3.63, 3.8) is 0 Å². The summed E-state index contributed by atoms with van der Waals surface area (Å²) in [4.78, 5) is 2.29. The van der Waals surface area contributed by atoms with Crippen LogP contribution in [0.3, 0.4) is 0 Å². The molecule has 0 saturated carbocycles. The molecule has 1 aromatic rings. The highest BCUT2D eigenvalue weighted by atomic mass is 28.4. The van der Waals surface area contributed by atoms with Crippen molar-refractivity contribution >= 4 is 14.2 Å². The summed E-state index contributed by atoms with van der Waals surface area (Å²) in [6, 6.07) is 3.73. The zero-order chi connectivity index (χ0) is 10.8. The van der Waals surface area contributed by atoms with Crippen LogP contribution in [0.15, 0.2) is 22.8 Å². The fraction of sp³-hybridized carbons (Fsp3) is 0.600. The van der Waals surface area contributed by atoms with Crippen molar-refractivity contribution in [1.29, 1.82) is 0 Å². The molecular weight excluding hydrogens is 226 g/mol. The number of hydrogen-bond donors (Lipinski definition) is 0. The molecule has 4 rings (SSSR count). The average Bonchev–Trinajstić information content (AvgIpc) is 2.68. The van der Waals surface area contributed by atoms with Crippen LogP contribution in [0.1, 0.15) is 0 Å². The van der Waals surface area contributed by atoms with Gasteiger partial charge in [-0.15, -0.1) is 0 Å². The van der Waals surface area contributed by atoms with Crippen LogP contribution >= 0.6 is 0 Å². The Morgan fingerprint density at radius 1 is 1.00 bits per heavy atom. The maximum absolute atomic E-state index is 5.84. The summed E-state index contributed by atoms with van der Waals surface area (Å²) in [5.74, 6) is 0. The fourth-order valence-electron chi connectivity index (χ4n) is 2.05. The number of rotatable bonds is 1.